The first-order valence-corrected chi connectivity index (χ1v) is 9.08. The number of nitrogens with two attached hydrogens (primary N) is 1. The highest BCUT2D eigenvalue weighted by molar-refractivity contribution is 14.0. The fourth-order valence-corrected chi connectivity index (χ4v) is 3.22. The minimum atomic E-state index is 0. The largest absolute Gasteiger partial charge is 0.378 e. The molecule has 0 spiro atoms. The highest BCUT2D eigenvalue weighted by atomic mass is 127. The molecule has 0 aromatic carbocycles. The molecule has 3 N–H and O–H groups in total. The second-order valence-electron chi connectivity index (χ2n) is 7.58. The van der Waals surface area contributed by atoms with Crippen molar-refractivity contribution < 1.29 is 4.74 Å². The summed E-state index contributed by atoms with van der Waals surface area (Å²) in [7, 11) is 0. The molecule has 23 heavy (non-hydrogen) atoms. The Morgan fingerprint density at radius 3 is 2.52 bits per heavy atom. The summed E-state index contributed by atoms with van der Waals surface area (Å²) in [4.78, 5) is 4.57. The first-order chi connectivity index (χ1) is 10.4. The average molecular weight is 439 g/mol. The van der Waals surface area contributed by atoms with Gasteiger partial charge in [-0.05, 0) is 38.0 Å². The van der Waals surface area contributed by atoms with Gasteiger partial charge in [0.05, 0.1) is 6.10 Å². The van der Waals surface area contributed by atoms with E-state index in [0.717, 1.165) is 31.9 Å². The zero-order valence-electron chi connectivity index (χ0n) is 15.7. The van der Waals surface area contributed by atoms with E-state index in [1.54, 1.807) is 0 Å². The fraction of sp³-hybridized carbons (Fsp3) is 0.944. The highest BCUT2D eigenvalue weighted by Gasteiger charge is 2.28. The maximum Gasteiger partial charge on any atom is 0.188 e. The van der Waals surface area contributed by atoms with Gasteiger partial charge in [-0.2, -0.15) is 0 Å². The Labute approximate surface area is 160 Å². The van der Waals surface area contributed by atoms with Crippen LogP contribution < -0.4 is 11.1 Å². The van der Waals surface area contributed by atoms with Crippen LogP contribution in [0.2, 0.25) is 0 Å². The summed E-state index contributed by atoms with van der Waals surface area (Å²) >= 11 is 0. The molecule has 0 aromatic rings. The van der Waals surface area contributed by atoms with Gasteiger partial charge in [0, 0.05) is 25.1 Å². The van der Waals surface area contributed by atoms with Crippen molar-refractivity contribution in [2.24, 2.45) is 28.5 Å². The molecule has 0 amide bonds. The normalized spacial score (nSPS) is 23.7. The van der Waals surface area contributed by atoms with Gasteiger partial charge in [0.1, 0.15) is 0 Å². The molecule has 138 valence electrons. The fourth-order valence-electron chi connectivity index (χ4n) is 3.22. The van der Waals surface area contributed by atoms with Crippen LogP contribution in [-0.4, -0.2) is 31.3 Å². The Morgan fingerprint density at radius 1 is 1.22 bits per heavy atom. The van der Waals surface area contributed by atoms with Crippen molar-refractivity contribution in [3.63, 3.8) is 0 Å². The summed E-state index contributed by atoms with van der Waals surface area (Å²) in [5.74, 6) is 2.41. The number of hydrogen-bond acceptors (Lipinski definition) is 2. The van der Waals surface area contributed by atoms with Gasteiger partial charge in [-0.25, -0.2) is 0 Å². The summed E-state index contributed by atoms with van der Waals surface area (Å²) in [6, 6.07) is 0.394. The van der Waals surface area contributed by atoms with Crippen LogP contribution in [0.4, 0.5) is 0 Å². The van der Waals surface area contributed by atoms with Crippen LogP contribution in [0.5, 0.6) is 0 Å². The Bertz CT molecular complexity index is 334. The predicted molar refractivity (Wildman–Crippen MR) is 110 cm³/mol. The topological polar surface area (TPSA) is 59.6 Å². The van der Waals surface area contributed by atoms with Gasteiger partial charge in [0.15, 0.2) is 5.96 Å². The van der Waals surface area contributed by atoms with Crippen LogP contribution in [0.25, 0.3) is 0 Å². The van der Waals surface area contributed by atoms with Gasteiger partial charge in [-0.15, -0.1) is 24.0 Å². The Hall–Kier alpha value is -0.0400. The summed E-state index contributed by atoms with van der Waals surface area (Å²) < 4.78 is 5.91. The second-order valence-corrected chi connectivity index (χ2v) is 7.58. The summed E-state index contributed by atoms with van der Waals surface area (Å²) in [6.07, 6.45) is 6.33. The number of ether oxygens (including phenoxy) is 1. The van der Waals surface area contributed by atoms with Crippen molar-refractivity contribution >= 4 is 29.9 Å². The molecule has 3 atom stereocenters. The van der Waals surface area contributed by atoms with Crippen LogP contribution >= 0.6 is 24.0 Å². The lowest BCUT2D eigenvalue weighted by Gasteiger charge is -2.33. The Kier molecular flexibility index (Phi) is 12.3. The molecule has 0 aromatic heterocycles. The summed E-state index contributed by atoms with van der Waals surface area (Å²) in [5, 5.41) is 3.32. The standard InChI is InChI=1S/C18H37N3O.HI/c1-13(2)8-6-9-15(5)21-18(19)20-12-16-10-7-11-22-17(16)14(3)4;/h13-17H,6-12H2,1-5H3,(H3,19,20,21);1H. The molecule has 3 unspecified atom stereocenters. The number of nitrogens with one attached hydrogen (secondary N) is 1. The number of hydrogen-bond donors (Lipinski definition) is 2. The third kappa shape index (κ3) is 9.75. The van der Waals surface area contributed by atoms with E-state index in [2.05, 4.69) is 44.9 Å². The van der Waals surface area contributed by atoms with E-state index in [0.29, 0.717) is 29.9 Å². The zero-order valence-corrected chi connectivity index (χ0v) is 18.0. The average Bonchev–Trinajstić information content (AvgIpc) is 2.44. The Morgan fingerprint density at radius 2 is 1.91 bits per heavy atom. The van der Waals surface area contributed by atoms with Gasteiger partial charge >= 0.3 is 0 Å². The molecule has 0 bridgehead atoms. The molecule has 0 saturated carbocycles. The molecule has 0 radical (unpaired) electrons. The number of nitrogens with zero attached hydrogens (tertiary/aromatic N) is 1. The van der Waals surface area contributed by atoms with Crippen molar-refractivity contribution in [2.75, 3.05) is 13.2 Å². The van der Waals surface area contributed by atoms with E-state index in [1.807, 2.05) is 0 Å². The maximum atomic E-state index is 6.04. The molecule has 1 rings (SSSR count). The van der Waals surface area contributed by atoms with E-state index in [9.17, 15) is 0 Å². The quantitative estimate of drug-likeness (QED) is 0.339. The van der Waals surface area contributed by atoms with Crippen molar-refractivity contribution in [3.8, 4) is 0 Å². The van der Waals surface area contributed by atoms with Gasteiger partial charge < -0.3 is 15.8 Å². The van der Waals surface area contributed by atoms with Crippen LogP contribution in [-0.2, 0) is 4.74 Å². The van der Waals surface area contributed by atoms with Crippen LogP contribution in [0, 0.1) is 17.8 Å². The number of guanidine groups is 1. The van der Waals surface area contributed by atoms with Gasteiger partial charge in [0.2, 0.25) is 0 Å². The molecule has 0 aliphatic carbocycles. The first-order valence-electron chi connectivity index (χ1n) is 9.08. The number of halogens is 1. The highest BCUT2D eigenvalue weighted by Crippen LogP contribution is 2.26. The molecule has 1 fully saturated rings. The van der Waals surface area contributed by atoms with E-state index in [-0.39, 0.29) is 24.0 Å². The number of rotatable bonds is 8. The SMILES string of the molecule is CC(C)CCCC(C)NC(N)=NCC1CCCOC1C(C)C.I. The van der Waals surface area contributed by atoms with E-state index in [1.165, 1.54) is 19.3 Å². The summed E-state index contributed by atoms with van der Waals surface area (Å²) in [5.41, 5.74) is 6.04. The van der Waals surface area contributed by atoms with Crippen molar-refractivity contribution in [1.82, 2.24) is 5.32 Å². The van der Waals surface area contributed by atoms with Crippen molar-refractivity contribution in [3.05, 3.63) is 0 Å². The lowest BCUT2D eigenvalue weighted by atomic mass is 9.87. The zero-order chi connectivity index (χ0) is 16.5. The number of aliphatic imine (C=N–C) groups is 1. The van der Waals surface area contributed by atoms with E-state index in [4.69, 9.17) is 10.5 Å². The third-order valence-electron chi connectivity index (χ3n) is 4.46. The van der Waals surface area contributed by atoms with Crippen molar-refractivity contribution in [2.45, 2.75) is 78.9 Å². The third-order valence-corrected chi connectivity index (χ3v) is 4.46. The molecular formula is C18H38IN3O. The van der Waals surface area contributed by atoms with E-state index < -0.39 is 0 Å². The molecule has 1 aliphatic heterocycles. The maximum absolute atomic E-state index is 6.04. The molecule has 5 heteroatoms. The first kappa shape index (κ1) is 23.0. The molecular weight excluding hydrogens is 401 g/mol. The molecule has 1 heterocycles. The lowest BCUT2D eigenvalue weighted by molar-refractivity contribution is -0.0491. The van der Waals surface area contributed by atoms with Crippen LogP contribution in [0.1, 0.15) is 66.7 Å². The molecule has 4 nitrogen and oxygen atoms in total. The van der Waals surface area contributed by atoms with Crippen molar-refractivity contribution in [1.29, 1.82) is 0 Å². The molecule has 1 aliphatic rings. The smallest absolute Gasteiger partial charge is 0.188 e. The monoisotopic (exact) mass is 439 g/mol. The summed E-state index contributed by atoms with van der Waals surface area (Å²) in [6.45, 7) is 12.8. The minimum absolute atomic E-state index is 0. The molecule has 1 saturated heterocycles. The minimum Gasteiger partial charge on any atom is -0.378 e. The second kappa shape index (κ2) is 12.3. The van der Waals surface area contributed by atoms with Gasteiger partial charge in [0.25, 0.3) is 0 Å². The van der Waals surface area contributed by atoms with Crippen LogP contribution in [0.3, 0.4) is 0 Å². The van der Waals surface area contributed by atoms with Crippen LogP contribution in [0.15, 0.2) is 4.99 Å². The van der Waals surface area contributed by atoms with Gasteiger partial charge in [-0.3, -0.25) is 4.99 Å². The van der Waals surface area contributed by atoms with Gasteiger partial charge in [-0.1, -0.05) is 40.5 Å². The van der Waals surface area contributed by atoms with E-state index >= 15 is 0 Å². The predicted octanol–water partition coefficient (Wildman–Crippen LogP) is 4.17. The Balaban J connectivity index is 0.00000484. The lowest BCUT2D eigenvalue weighted by Crippen LogP contribution is -2.40.